The fourth-order valence-corrected chi connectivity index (χ4v) is 2.73. The lowest BCUT2D eigenvalue weighted by Gasteiger charge is -2.33. The summed E-state index contributed by atoms with van der Waals surface area (Å²) in [5, 5.41) is 4.26. The lowest BCUT2D eigenvalue weighted by molar-refractivity contribution is 0.312. The number of aromatic amines is 1. The monoisotopic (exact) mass is 309 g/mol. The molecule has 0 radical (unpaired) electrons. The highest BCUT2D eigenvalue weighted by atomic mass is 15.3. The summed E-state index contributed by atoms with van der Waals surface area (Å²) in [7, 11) is 2.15. The summed E-state index contributed by atoms with van der Waals surface area (Å²) in [5.74, 6) is 1.57. The summed E-state index contributed by atoms with van der Waals surface area (Å²) in [5.41, 5.74) is 1.77. The predicted octanol–water partition coefficient (Wildman–Crippen LogP) is 1.85. The number of nitrogens with one attached hydrogen (secondary N) is 2. The van der Waals surface area contributed by atoms with E-state index >= 15 is 0 Å². The van der Waals surface area contributed by atoms with Gasteiger partial charge in [0.25, 0.3) is 0 Å². The summed E-state index contributed by atoms with van der Waals surface area (Å²) in [6.07, 6.45) is 5.49. The van der Waals surface area contributed by atoms with Gasteiger partial charge in [0.15, 0.2) is 0 Å². The normalized spacial score (nSPS) is 16.0. The molecule has 7 heteroatoms. The van der Waals surface area contributed by atoms with Crippen molar-refractivity contribution < 1.29 is 0 Å². The number of H-pyrrole nitrogens is 1. The summed E-state index contributed by atoms with van der Waals surface area (Å²) >= 11 is 0. The number of hydrogen-bond acceptors (Lipinski definition) is 6. The molecule has 4 heterocycles. The van der Waals surface area contributed by atoms with Crippen LogP contribution in [-0.4, -0.2) is 58.1 Å². The number of aromatic nitrogens is 4. The van der Waals surface area contributed by atoms with Gasteiger partial charge >= 0.3 is 0 Å². The third-order valence-corrected chi connectivity index (χ3v) is 4.13. The molecule has 0 atom stereocenters. The second-order valence-corrected chi connectivity index (χ2v) is 5.79. The lowest BCUT2D eigenvalue weighted by Crippen LogP contribution is -2.44. The van der Waals surface area contributed by atoms with Gasteiger partial charge < -0.3 is 20.1 Å². The topological polar surface area (TPSA) is 73.0 Å². The van der Waals surface area contributed by atoms with E-state index in [0.29, 0.717) is 5.95 Å². The Morgan fingerprint density at radius 3 is 2.87 bits per heavy atom. The maximum atomic E-state index is 4.49. The van der Waals surface area contributed by atoms with Gasteiger partial charge in [0, 0.05) is 61.9 Å². The Bertz CT molecular complexity index is 805. The van der Waals surface area contributed by atoms with Crippen LogP contribution in [0, 0.1) is 0 Å². The van der Waals surface area contributed by atoms with Crippen LogP contribution in [0.1, 0.15) is 0 Å². The number of likely N-dealkylation sites (N-methyl/N-ethyl adjacent to an activating group) is 1. The first kappa shape index (κ1) is 14.0. The molecule has 0 unspecified atom stereocenters. The fourth-order valence-electron chi connectivity index (χ4n) is 2.73. The highest BCUT2D eigenvalue weighted by Gasteiger charge is 2.15. The molecular formula is C16H19N7. The molecule has 1 aliphatic rings. The SMILES string of the molecule is CN1CCN(c2cc(Nc3ncc4cc[nH]c4n3)ccn2)CC1. The van der Waals surface area contributed by atoms with Gasteiger partial charge in [-0.1, -0.05) is 0 Å². The number of pyridine rings is 1. The van der Waals surface area contributed by atoms with Crippen molar-refractivity contribution in [2.24, 2.45) is 0 Å². The van der Waals surface area contributed by atoms with Crippen molar-refractivity contribution in [2.75, 3.05) is 43.4 Å². The minimum absolute atomic E-state index is 0.579. The van der Waals surface area contributed by atoms with E-state index in [1.807, 2.05) is 36.8 Å². The second kappa shape index (κ2) is 5.85. The first-order chi connectivity index (χ1) is 11.3. The fraction of sp³-hybridized carbons (Fsp3) is 0.312. The largest absolute Gasteiger partial charge is 0.354 e. The minimum atomic E-state index is 0.579. The molecular weight excluding hydrogens is 290 g/mol. The molecule has 3 aromatic heterocycles. The molecule has 0 spiro atoms. The molecule has 0 saturated carbocycles. The molecule has 23 heavy (non-hydrogen) atoms. The van der Waals surface area contributed by atoms with Gasteiger partial charge in [-0.05, 0) is 19.2 Å². The Kier molecular flexibility index (Phi) is 3.55. The molecule has 4 rings (SSSR count). The van der Waals surface area contributed by atoms with Crippen molar-refractivity contribution in [3.8, 4) is 0 Å². The molecule has 0 aliphatic carbocycles. The number of nitrogens with zero attached hydrogens (tertiary/aromatic N) is 5. The highest BCUT2D eigenvalue weighted by Crippen LogP contribution is 2.20. The van der Waals surface area contributed by atoms with E-state index < -0.39 is 0 Å². The lowest BCUT2D eigenvalue weighted by atomic mass is 10.3. The zero-order valence-electron chi connectivity index (χ0n) is 13.0. The van der Waals surface area contributed by atoms with Crippen molar-refractivity contribution >= 4 is 28.5 Å². The van der Waals surface area contributed by atoms with Crippen molar-refractivity contribution in [3.63, 3.8) is 0 Å². The van der Waals surface area contributed by atoms with Crippen molar-refractivity contribution in [3.05, 3.63) is 36.8 Å². The third kappa shape index (κ3) is 2.95. The third-order valence-electron chi connectivity index (χ3n) is 4.13. The molecule has 0 bridgehead atoms. The van der Waals surface area contributed by atoms with Gasteiger partial charge in [0.2, 0.25) is 5.95 Å². The van der Waals surface area contributed by atoms with Gasteiger partial charge in [0.1, 0.15) is 11.5 Å². The number of anilines is 3. The first-order valence-corrected chi connectivity index (χ1v) is 7.75. The average molecular weight is 309 g/mol. The van der Waals surface area contributed by atoms with Crippen molar-refractivity contribution in [1.29, 1.82) is 0 Å². The summed E-state index contributed by atoms with van der Waals surface area (Å²) < 4.78 is 0. The van der Waals surface area contributed by atoms with Crippen LogP contribution in [0.25, 0.3) is 11.0 Å². The van der Waals surface area contributed by atoms with E-state index in [1.54, 1.807) is 0 Å². The number of rotatable bonds is 3. The summed E-state index contributed by atoms with van der Waals surface area (Å²) in [6, 6.07) is 5.94. The van der Waals surface area contributed by atoms with Crippen LogP contribution in [-0.2, 0) is 0 Å². The number of hydrogen-bond donors (Lipinski definition) is 2. The Hall–Kier alpha value is -2.67. The standard InChI is InChI=1S/C16H19N7/c1-22-6-8-23(9-7-22)14-10-13(3-5-17-14)20-16-19-11-12-2-4-18-15(12)21-16/h2-5,10-11H,6-9H2,1H3,(H2,17,18,19,20,21). The van der Waals surface area contributed by atoms with E-state index in [4.69, 9.17) is 0 Å². The van der Waals surface area contributed by atoms with Gasteiger partial charge in [-0.2, -0.15) is 4.98 Å². The molecule has 0 amide bonds. The van der Waals surface area contributed by atoms with Crippen molar-refractivity contribution in [1.82, 2.24) is 24.8 Å². The molecule has 7 nitrogen and oxygen atoms in total. The predicted molar refractivity (Wildman–Crippen MR) is 91.1 cm³/mol. The van der Waals surface area contributed by atoms with Crippen LogP contribution in [0.15, 0.2) is 36.8 Å². The quantitative estimate of drug-likeness (QED) is 0.769. The Balaban J connectivity index is 1.53. The van der Waals surface area contributed by atoms with Crippen LogP contribution >= 0.6 is 0 Å². The van der Waals surface area contributed by atoms with E-state index in [0.717, 1.165) is 48.7 Å². The van der Waals surface area contributed by atoms with Gasteiger partial charge in [-0.3, -0.25) is 0 Å². The minimum Gasteiger partial charge on any atom is -0.354 e. The molecule has 1 aliphatic heterocycles. The molecule has 1 saturated heterocycles. The number of piperazine rings is 1. The van der Waals surface area contributed by atoms with Gasteiger partial charge in [-0.25, -0.2) is 9.97 Å². The van der Waals surface area contributed by atoms with Crippen LogP contribution < -0.4 is 10.2 Å². The second-order valence-electron chi connectivity index (χ2n) is 5.79. The summed E-state index contributed by atoms with van der Waals surface area (Å²) in [6.45, 7) is 4.12. The Labute approximate surface area is 134 Å². The molecule has 3 aromatic rings. The highest BCUT2D eigenvalue weighted by molar-refractivity contribution is 5.75. The molecule has 1 fully saturated rings. The Morgan fingerprint density at radius 2 is 2.00 bits per heavy atom. The molecule has 2 N–H and O–H groups in total. The van der Waals surface area contributed by atoms with Crippen LogP contribution in [0.4, 0.5) is 17.5 Å². The Morgan fingerprint density at radius 1 is 1.13 bits per heavy atom. The van der Waals surface area contributed by atoms with Gasteiger partial charge in [-0.15, -0.1) is 0 Å². The number of fused-ring (bicyclic) bond motifs is 1. The average Bonchev–Trinajstić information content (AvgIpc) is 3.03. The van der Waals surface area contributed by atoms with Crippen LogP contribution in [0.3, 0.4) is 0 Å². The zero-order valence-corrected chi connectivity index (χ0v) is 13.0. The van der Waals surface area contributed by atoms with Crippen LogP contribution in [0.2, 0.25) is 0 Å². The van der Waals surface area contributed by atoms with E-state index in [2.05, 4.69) is 42.1 Å². The summed E-state index contributed by atoms with van der Waals surface area (Å²) in [4.78, 5) is 21.0. The molecule has 0 aromatic carbocycles. The first-order valence-electron chi connectivity index (χ1n) is 7.75. The van der Waals surface area contributed by atoms with E-state index in [9.17, 15) is 0 Å². The van der Waals surface area contributed by atoms with Crippen LogP contribution in [0.5, 0.6) is 0 Å². The van der Waals surface area contributed by atoms with E-state index in [-0.39, 0.29) is 0 Å². The maximum absolute atomic E-state index is 4.49. The smallest absolute Gasteiger partial charge is 0.229 e. The van der Waals surface area contributed by atoms with Gasteiger partial charge in [0.05, 0.1) is 0 Å². The maximum Gasteiger partial charge on any atom is 0.229 e. The molecule has 118 valence electrons. The van der Waals surface area contributed by atoms with Crippen molar-refractivity contribution in [2.45, 2.75) is 0 Å². The van der Waals surface area contributed by atoms with E-state index in [1.165, 1.54) is 0 Å². The zero-order chi connectivity index (χ0) is 15.6.